The molecule has 2 unspecified atom stereocenters. The fourth-order valence-electron chi connectivity index (χ4n) is 7.99. The van der Waals surface area contributed by atoms with Crippen molar-refractivity contribution in [3.8, 4) is 0 Å². The van der Waals surface area contributed by atoms with Crippen LogP contribution in [0.4, 0.5) is 4.79 Å². The third-order valence-corrected chi connectivity index (χ3v) is 11.8. The van der Waals surface area contributed by atoms with Crippen LogP contribution in [-0.4, -0.2) is 250 Å². The number of carbonyl (C=O) groups excluding carboxylic acids is 1. The standard InChI is InChI=1S/C39H61NO25/c41-12-18-23(46)25(48)26(49)35(60-18)64-32-24(47)19(13-42)61-36(29(32)52)63-30-20(14-43)65-39(37(55)56,33(53)27(30)50)34(54)28(51)31-22(45)17(44)11-21(62-31)58-10-6-2-5-9-40-38(57)59-15-16-7-3-1-4-8-16/h1,3-4,7-8,17-36,41-54H,2,5-6,9-15H2,(H,40,57)(H,55,56)/t17-,18-,19-,20-,21-,22+,23+,24+,25+,26-,27+,28?,29-,30+,31+,32+,33-,34?,35-,36+,39-/m1/s1. The topological polar surface area (TPSA) is 423 Å². The molecule has 0 saturated carbocycles. The molecule has 0 bridgehead atoms. The van der Waals surface area contributed by atoms with Crippen LogP contribution in [0.3, 0.4) is 0 Å². The van der Waals surface area contributed by atoms with Gasteiger partial charge in [-0.05, 0) is 24.8 Å². The molecule has 5 rings (SSSR count). The first-order chi connectivity index (χ1) is 30.9. The lowest BCUT2D eigenvalue weighted by Gasteiger charge is -2.52. The number of rotatable bonds is 20. The molecular weight excluding hydrogens is 882 g/mol. The summed E-state index contributed by atoms with van der Waals surface area (Å²) < 4.78 is 43.8. The normalized spacial score (nSPS) is 41.0. The van der Waals surface area contributed by atoms with Gasteiger partial charge in [0.15, 0.2) is 18.9 Å². The number of carboxylic acids is 1. The minimum Gasteiger partial charge on any atom is -0.479 e. The summed E-state index contributed by atoms with van der Waals surface area (Å²) in [6.45, 7) is -2.71. The zero-order chi connectivity index (χ0) is 47.7. The lowest BCUT2D eigenvalue weighted by Crippen LogP contribution is -2.76. The molecule has 21 atom stereocenters. The molecule has 4 saturated heterocycles. The maximum absolute atomic E-state index is 12.9. The average molecular weight is 944 g/mol. The van der Waals surface area contributed by atoms with Gasteiger partial charge in [-0.1, -0.05) is 30.3 Å². The van der Waals surface area contributed by atoms with Crippen molar-refractivity contribution in [2.75, 3.05) is 33.0 Å². The van der Waals surface area contributed by atoms with E-state index in [9.17, 15) is 86.2 Å². The fraction of sp³-hybridized carbons (Fsp3) is 0.795. The zero-order valence-corrected chi connectivity index (χ0v) is 34.8. The van der Waals surface area contributed by atoms with Gasteiger partial charge in [0, 0.05) is 19.6 Å². The Hall–Kier alpha value is -2.88. The van der Waals surface area contributed by atoms with Gasteiger partial charge < -0.3 is 120 Å². The van der Waals surface area contributed by atoms with Crippen molar-refractivity contribution >= 4 is 12.1 Å². The van der Waals surface area contributed by atoms with Crippen LogP contribution < -0.4 is 5.32 Å². The lowest BCUT2D eigenvalue weighted by atomic mass is 9.77. The summed E-state index contributed by atoms with van der Waals surface area (Å²) in [7, 11) is 0. The zero-order valence-electron chi connectivity index (χ0n) is 34.8. The number of aliphatic hydroxyl groups is 14. The minimum absolute atomic E-state index is 0.0159. The summed E-state index contributed by atoms with van der Waals surface area (Å²) in [5, 5.41) is 163. The third-order valence-electron chi connectivity index (χ3n) is 11.8. The molecular formula is C39H61NO25. The molecule has 0 aliphatic carbocycles. The molecule has 0 radical (unpaired) electrons. The quantitative estimate of drug-likeness (QED) is 0.0540. The van der Waals surface area contributed by atoms with Crippen molar-refractivity contribution in [2.45, 2.75) is 161 Å². The second kappa shape index (κ2) is 23.9. The first-order valence-electron chi connectivity index (χ1n) is 21.0. The van der Waals surface area contributed by atoms with Gasteiger partial charge in [0.2, 0.25) is 5.60 Å². The maximum Gasteiger partial charge on any atom is 0.407 e. The monoisotopic (exact) mass is 943 g/mol. The van der Waals surface area contributed by atoms with Gasteiger partial charge in [0.25, 0.3) is 0 Å². The molecule has 4 aliphatic rings. The highest BCUT2D eigenvalue weighted by Crippen LogP contribution is 2.40. The molecule has 4 aliphatic heterocycles. The van der Waals surface area contributed by atoms with E-state index in [1.165, 1.54) is 0 Å². The Labute approximate surface area is 370 Å². The van der Waals surface area contributed by atoms with E-state index in [1.54, 1.807) is 0 Å². The van der Waals surface area contributed by atoms with E-state index in [1.807, 2.05) is 30.3 Å². The number of hydrogen-bond donors (Lipinski definition) is 16. The van der Waals surface area contributed by atoms with Gasteiger partial charge in [0.05, 0.1) is 25.9 Å². The van der Waals surface area contributed by atoms with E-state index in [4.69, 9.17) is 37.9 Å². The highest BCUT2D eigenvalue weighted by molar-refractivity contribution is 5.80. The van der Waals surface area contributed by atoms with Crippen LogP contribution in [0, 0.1) is 0 Å². The second-order valence-electron chi connectivity index (χ2n) is 16.2. The number of aliphatic hydroxyl groups excluding tert-OH is 14. The molecule has 1 amide bonds. The number of hydrogen-bond acceptors (Lipinski definition) is 24. The number of benzene rings is 1. The predicted octanol–water partition coefficient (Wildman–Crippen LogP) is -7.40. The molecule has 0 spiro atoms. The predicted molar refractivity (Wildman–Crippen MR) is 207 cm³/mol. The van der Waals surface area contributed by atoms with Gasteiger partial charge in [-0.3, -0.25) is 0 Å². The van der Waals surface area contributed by atoms with E-state index in [2.05, 4.69) is 5.32 Å². The Morgan fingerprint density at radius 3 is 1.95 bits per heavy atom. The first-order valence-corrected chi connectivity index (χ1v) is 21.0. The largest absolute Gasteiger partial charge is 0.479 e. The van der Waals surface area contributed by atoms with E-state index < -0.39 is 160 Å². The van der Waals surface area contributed by atoms with E-state index >= 15 is 0 Å². The number of ether oxygens (including phenoxy) is 8. The first kappa shape index (κ1) is 53.1. The van der Waals surface area contributed by atoms with Crippen LogP contribution in [0.5, 0.6) is 0 Å². The SMILES string of the molecule is O=C(NCCCCCO[C@H]1C[C@@H](O)[C@H](O)[C@@H](C(O)C(O)[C@]2(C(=O)O)O[C@H](CO)[C@H](O[C@@H]3O[C@H](CO)[C@H](O)[C@H](O[C@H]4O[C@H](CO)[C@H](O)[C@H](O)[C@H]4O)[C@H]3O)[C@H](O)[C@H]2O)O1)OCc1ccccc1. The third kappa shape index (κ3) is 12.1. The summed E-state index contributed by atoms with van der Waals surface area (Å²) in [6.07, 6.45) is -40.3. The van der Waals surface area contributed by atoms with E-state index in [0.29, 0.717) is 19.3 Å². The van der Waals surface area contributed by atoms with Gasteiger partial charge in [-0.2, -0.15) is 0 Å². The number of unbranched alkanes of at least 4 members (excludes halogenated alkanes) is 2. The van der Waals surface area contributed by atoms with Gasteiger partial charge in [-0.15, -0.1) is 0 Å². The smallest absolute Gasteiger partial charge is 0.407 e. The molecule has 1 aromatic rings. The Balaban J connectivity index is 1.19. The summed E-state index contributed by atoms with van der Waals surface area (Å²) in [5.74, 6) is -2.21. The fourth-order valence-corrected chi connectivity index (χ4v) is 7.99. The van der Waals surface area contributed by atoms with Gasteiger partial charge in [-0.25, -0.2) is 9.59 Å². The Morgan fingerprint density at radius 2 is 1.32 bits per heavy atom. The van der Waals surface area contributed by atoms with Crippen molar-refractivity contribution in [1.82, 2.24) is 5.32 Å². The van der Waals surface area contributed by atoms with Crippen LogP contribution in [0.25, 0.3) is 0 Å². The van der Waals surface area contributed by atoms with Crippen molar-refractivity contribution < 1.29 is 124 Å². The maximum atomic E-state index is 12.9. The average Bonchev–Trinajstić information content (AvgIpc) is 3.29. The molecule has 65 heavy (non-hydrogen) atoms. The minimum atomic E-state index is -3.44. The molecule has 0 aromatic heterocycles. The molecule has 26 heteroatoms. The number of amides is 1. The molecule has 26 nitrogen and oxygen atoms in total. The molecule has 16 N–H and O–H groups in total. The number of nitrogens with one attached hydrogen (secondary N) is 1. The van der Waals surface area contributed by atoms with E-state index in [-0.39, 0.29) is 26.2 Å². The summed E-state index contributed by atoms with van der Waals surface area (Å²) in [5.41, 5.74) is -2.62. The number of carboxylic acid groups (broad SMARTS) is 1. The van der Waals surface area contributed by atoms with Crippen LogP contribution in [-0.2, 0) is 49.3 Å². The summed E-state index contributed by atoms with van der Waals surface area (Å²) in [4.78, 5) is 24.9. The molecule has 1 aromatic carbocycles. The number of aliphatic carboxylic acids is 1. The van der Waals surface area contributed by atoms with Crippen LogP contribution in [0.1, 0.15) is 31.2 Å². The Bertz CT molecular complexity index is 1620. The van der Waals surface area contributed by atoms with Gasteiger partial charge in [0.1, 0.15) is 104 Å². The molecule has 372 valence electrons. The molecule has 4 fully saturated rings. The number of alkyl carbamates (subject to hydrolysis) is 1. The summed E-state index contributed by atoms with van der Waals surface area (Å²) >= 11 is 0. The van der Waals surface area contributed by atoms with Crippen LogP contribution >= 0.6 is 0 Å². The Morgan fingerprint density at radius 1 is 0.708 bits per heavy atom. The lowest BCUT2D eigenvalue weighted by molar-refractivity contribution is -0.380. The van der Waals surface area contributed by atoms with Crippen molar-refractivity contribution in [3.63, 3.8) is 0 Å². The molecule has 4 heterocycles. The van der Waals surface area contributed by atoms with Crippen LogP contribution in [0.15, 0.2) is 30.3 Å². The number of carbonyl (C=O) groups is 2. The van der Waals surface area contributed by atoms with Crippen molar-refractivity contribution in [2.24, 2.45) is 0 Å². The van der Waals surface area contributed by atoms with Crippen molar-refractivity contribution in [3.05, 3.63) is 35.9 Å². The van der Waals surface area contributed by atoms with Crippen LogP contribution in [0.2, 0.25) is 0 Å². The van der Waals surface area contributed by atoms with Crippen molar-refractivity contribution in [1.29, 1.82) is 0 Å². The highest BCUT2D eigenvalue weighted by atomic mass is 16.7. The summed E-state index contributed by atoms with van der Waals surface area (Å²) in [6, 6.07) is 9.08. The highest BCUT2D eigenvalue weighted by Gasteiger charge is 2.66. The second-order valence-corrected chi connectivity index (χ2v) is 16.2. The van der Waals surface area contributed by atoms with Gasteiger partial charge >= 0.3 is 12.1 Å². The van der Waals surface area contributed by atoms with E-state index in [0.717, 1.165) is 5.56 Å². The Kier molecular flexibility index (Phi) is 19.5.